The Morgan fingerprint density at radius 2 is 2.05 bits per heavy atom. The summed E-state index contributed by atoms with van der Waals surface area (Å²) in [6.07, 6.45) is 1.41. The molecule has 2 rings (SSSR count). The van der Waals surface area contributed by atoms with Gasteiger partial charge in [-0.05, 0) is 45.8 Å². The van der Waals surface area contributed by atoms with Crippen LogP contribution in [0.2, 0.25) is 0 Å². The zero-order chi connectivity index (χ0) is 15.4. The molecule has 21 heavy (non-hydrogen) atoms. The first-order valence-electron chi connectivity index (χ1n) is 5.82. The van der Waals surface area contributed by atoms with Gasteiger partial charge in [-0.3, -0.25) is 5.43 Å². The van der Waals surface area contributed by atoms with E-state index < -0.39 is 11.6 Å². The molecular formula is C14H11BrF2N2O2. The maximum atomic E-state index is 13.4. The number of benzene rings is 2. The number of phenolic OH excluding ortho intramolecular Hbond substituents is 1. The number of methoxy groups -OCH3 is 1. The molecule has 0 unspecified atom stereocenters. The van der Waals surface area contributed by atoms with Crippen molar-refractivity contribution in [1.29, 1.82) is 0 Å². The fourth-order valence-corrected chi connectivity index (χ4v) is 2.04. The van der Waals surface area contributed by atoms with E-state index in [0.29, 0.717) is 10.0 Å². The Kier molecular flexibility index (Phi) is 4.74. The second-order valence-electron chi connectivity index (χ2n) is 4.05. The summed E-state index contributed by atoms with van der Waals surface area (Å²) in [5.41, 5.74) is 3.14. The van der Waals surface area contributed by atoms with Crippen LogP contribution in [0, 0.1) is 11.6 Å². The predicted molar refractivity (Wildman–Crippen MR) is 79.9 cm³/mol. The van der Waals surface area contributed by atoms with Gasteiger partial charge in [0.05, 0.1) is 23.5 Å². The summed E-state index contributed by atoms with van der Waals surface area (Å²) in [4.78, 5) is 0. The molecule has 2 aromatic rings. The second-order valence-corrected chi connectivity index (χ2v) is 4.90. The Hall–Kier alpha value is -2.15. The minimum absolute atomic E-state index is 0.0211. The molecule has 0 radical (unpaired) electrons. The first-order chi connectivity index (χ1) is 10.0. The molecule has 0 heterocycles. The Labute approximate surface area is 128 Å². The molecule has 0 saturated carbocycles. The second kappa shape index (κ2) is 6.53. The van der Waals surface area contributed by atoms with Gasteiger partial charge in [0.15, 0.2) is 17.3 Å². The number of anilines is 1. The minimum atomic E-state index is -0.739. The van der Waals surface area contributed by atoms with Gasteiger partial charge in [-0.25, -0.2) is 8.78 Å². The molecule has 0 atom stereocenters. The molecule has 4 nitrogen and oxygen atoms in total. The van der Waals surface area contributed by atoms with E-state index in [1.807, 2.05) is 0 Å². The zero-order valence-electron chi connectivity index (χ0n) is 10.9. The molecule has 0 aliphatic rings. The third kappa shape index (κ3) is 3.69. The van der Waals surface area contributed by atoms with E-state index in [2.05, 4.69) is 26.5 Å². The van der Waals surface area contributed by atoms with Crippen molar-refractivity contribution in [2.45, 2.75) is 0 Å². The van der Waals surface area contributed by atoms with Gasteiger partial charge in [-0.15, -0.1) is 0 Å². The van der Waals surface area contributed by atoms with E-state index in [1.165, 1.54) is 19.4 Å². The molecule has 0 saturated heterocycles. The molecule has 0 aliphatic heterocycles. The number of phenols is 1. The van der Waals surface area contributed by atoms with Crippen LogP contribution in [-0.4, -0.2) is 18.4 Å². The van der Waals surface area contributed by atoms with Gasteiger partial charge in [-0.1, -0.05) is 0 Å². The van der Waals surface area contributed by atoms with Crippen LogP contribution >= 0.6 is 15.9 Å². The van der Waals surface area contributed by atoms with E-state index in [1.54, 1.807) is 12.1 Å². The van der Waals surface area contributed by atoms with Gasteiger partial charge < -0.3 is 9.84 Å². The third-order valence-corrected chi connectivity index (χ3v) is 3.20. The molecule has 0 amide bonds. The van der Waals surface area contributed by atoms with Gasteiger partial charge in [0.2, 0.25) is 0 Å². The largest absolute Gasteiger partial charge is 0.503 e. The van der Waals surface area contributed by atoms with Crippen molar-refractivity contribution in [3.63, 3.8) is 0 Å². The monoisotopic (exact) mass is 356 g/mol. The molecule has 0 aromatic heterocycles. The summed E-state index contributed by atoms with van der Waals surface area (Å²) in [6, 6.07) is 6.31. The molecule has 2 N–H and O–H groups in total. The Bertz CT molecular complexity index is 693. The third-order valence-electron chi connectivity index (χ3n) is 2.60. The summed E-state index contributed by atoms with van der Waals surface area (Å²) in [6.45, 7) is 0. The van der Waals surface area contributed by atoms with Gasteiger partial charge in [-0.2, -0.15) is 5.10 Å². The Balaban J connectivity index is 2.16. The van der Waals surface area contributed by atoms with Crippen molar-refractivity contribution in [2.24, 2.45) is 5.10 Å². The van der Waals surface area contributed by atoms with Crippen molar-refractivity contribution >= 4 is 27.8 Å². The average Bonchev–Trinajstić information content (AvgIpc) is 2.44. The highest BCUT2D eigenvalue weighted by Crippen LogP contribution is 2.34. The molecular weight excluding hydrogens is 346 g/mol. The standard InChI is InChI=1S/C14H11BrF2N2O2/c1-21-13-5-8(4-10(15)14(13)20)7-18-19-12-3-2-9(16)6-11(12)17/h2-7,19-20H,1H3. The molecule has 0 bridgehead atoms. The number of halogens is 3. The number of hydrogen-bond donors (Lipinski definition) is 2. The number of hydrazone groups is 1. The number of rotatable bonds is 4. The summed E-state index contributed by atoms with van der Waals surface area (Å²) < 4.78 is 31.6. The van der Waals surface area contributed by atoms with E-state index in [9.17, 15) is 13.9 Å². The lowest BCUT2D eigenvalue weighted by molar-refractivity contribution is 0.372. The predicted octanol–water partition coefficient (Wildman–Crippen LogP) is 3.89. The van der Waals surface area contributed by atoms with Crippen LogP contribution in [0.5, 0.6) is 11.5 Å². The molecule has 0 spiro atoms. The van der Waals surface area contributed by atoms with Crippen LogP contribution in [0.4, 0.5) is 14.5 Å². The summed E-state index contributed by atoms with van der Waals surface area (Å²) >= 11 is 3.18. The van der Waals surface area contributed by atoms with Crippen LogP contribution in [0.15, 0.2) is 39.9 Å². The maximum absolute atomic E-state index is 13.4. The van der Waals surface area contributed by atoms with Gasteiger partial charge in [0.25, 0.3) is 0 Å². The van der Waals surface area contributed by atoms with Crippen LogP contribution in [0.25, 0.3) is 0 Å². The number of hydrogen-bond acceptors (Lipinski definition) is 4. The topological polar surface area (TPSA) is 53.8 Å². The zero-order valence-corrected chi connectivity index (χ0v) is 12.5. The smallest absolute Gasteiger partial charge is 0.172 e. The van der Waals surface area contributed by atoms with Crippen molar-refractivity contribution in [1.82, 2.24) is 0 Å². The molecule has 2 aromatic carbocycles. The van der Waals surface area contributed by atoms with Crippen LogP contribution in [0.3, 0.4) is 0 Å². The summed E-state index contributed by atoms with van der Waals surface area (Å²) in [5, 5.41) is 13.5. The quantitative estimate of drug-likeness (QED) is 0.645. The van der Waals surface area contributed by atoms with E-state index >= 15 is 0 Å². The Morgan fingerprint density at radius 3 is 2.71 bits per heavy atom. The van der Waals surface area contributed by atoms with Crippen LogP contribution in [-0.2, 0) is 0 Å². The van der Waals surface area contributed by atoms with Crippen molar-refractivity contribution in [3.8, 4) is 11.5 Å². The molecule has 110 valence electrons. The van der Waals surface area contributed by atoms with E-state index in [-0.39, 0.29) is 17.2 Å². The highest BCUT2D eigenvalue weighted by Gasteiger charge is 2.07. The first-order valence-corrected chi connectivity index (χ1v) is 6.61. The lowest BCUT2D eigenvalue weighted by Gasteiger charge is -2.06. The minimum Gasteiger partial charge on any atom is -0.503 e. The molecule has 7 heteroatoms. The normalized spacial score (nSPS) is 10.9. The van der Waals surface area contributed by atoms with Crippen molar-refractivity contribution in [2.75, 3.05) is 12.5 Å². The SMILES string of the molecule is COc1cc(C=NNc2ccc(F)cc2F)cc(Br)c1O. The van der Waals surface area contributed by atoms with Crippen molar-refractivity contribution in [3.05, 3.63) is 52.0 Å². The number of aromatic hydroxyl groups is 1. The molecule has 0 fully saturated rings. The average molecular weight is 357 g/mol. The first kappa shape index (κ1) is 15.2. The highest BCUT2D eigenvalue weighted by atomic mass is 79.9. The molecule has 0 aliphatic carbocycles. The summed E-state index contributed by atoms with van der Waals surface area (Å²) in [7, 11) is 1.43. The lowest BCUT2D eigenvalue weighted by Crippen LogP contribution is -1.95. The van der Waals surface area contributed by atoms with Crippen LogP contribution < -0.4 is 10.2 Å². The maximum Gasteiger partial charge on any atom is 0.172 e. The number of nitrogens with one attached hydrogen (secondary N) is 1. The Morgan fingerprint density at radius 1 is 1.29 bits per heavy atom. The van der Waals surface area contributed by atoms with E-state index in [0.717, 1.165) is 12.1 Å². The fourth-order valence-electron chi connectivity index (χ4n) is 1.58. The van der Waals surface area contributed by atoms with Gasteiger partial charge in [0.1, 0.15) is 5.82 Å². The number of ether oxygens (including phenoxy) is 1. The highest BCUT2D eigenvalue weighted by molar-refractivity contribution is 9.10. The fraction of sp³-hybridized carbons (Fsp3) is 0.0714. The van der Waals surface area contributed by atoms with E-state index in [4.69, 9.17) is 4.74 Å². The summed E-state index contributed by atoms with van der Waals surface area (Å²) in [5.74, 6) is -1.14. The van der Waals surface area contributed by atoms with Gasteiger partial charge >= 0.3 is 0 Å². The number of nitrogens with zero attached hydrogens (tertiary/aromatic N) is 1. The van der Waals surface area contributed by atoms with Crippen LogP contribution in [0.1, 0.15) is 5.56 Å². The van der Waals surface area contributed by atoms with Gasteiger partial charge in [0, 0.05) is 6.07 Å². The van der Waals surface area contributed by atoms with Crippen molar-refractivity contribution < 1.29 is 18.6 Å². The lowest BCUT2D eigenvalue weighted by atomic mass is 10.2.